The van der Waals surface area contributed by atoms with Crippen molar-refractivity contribution < 1.29 is 29.9 Å². The highest BCUT2D eigenvalue weighted by Crippen LogP contribution is 2.45. The van der Waals surface area contributed by atoms with E-state index >= 15 is 0 Å². The van der Waals surface area contributed by atoms with Crippen molar-refractivity contribution >= 4 is 34.2 Å². The lowest BCUT2D eigenvalue weighted by Gasteiger charge is -2.11. The molecular weight excluding hydrogens is 363 g/mol. The summed E-state index contributed by atoms with van der Waals surface area (Å²) in [6.07, 6.45) is 0. The fourth-order valence-electron chi connectivity index (χ4n) is 2.21. The molecule has 0 amide bonds. The van der Waals surface area contributed by atoms with E-state index in [2.05, 4.69) is 0 Å². The number of aromatic hydroxyl groups is 5. The fourth-order valence-corrected chi connectivity index (χ4v) is 2.57. The summed E-state index contributed by atoms with van der Waals surface area (Å²) in [7, 11) is 0. The van der Waals surface area contributed by atoms with Gasteiger partial charge in [0.1, 0.15) is 38.4 Å². The van der Waals surface area contributed by atoms with Crippen LogP contribution in [0.5, 0.6) is 28.7 Å². The molecule has 1 aromatic heterocycles. The molecule has 0 saturated heterocycles. The number of halogens is 2. The topological polar surface area (TPSA) is 131 Å². The van der Waals surface area contributed by atoms with Crippen LogP contribution < -0.4 is 5.43 Å². The summed E-state index contributed by atoms with van der Waals surface area (Å²) < 4.78 is 5.33. The predicted molar refractivity (Wildman–Crippen MR) is 86.3 cm³/mol. The van der Waals surface area contributed by atoms with E-state index in [9.17, 15) is 30.3 Å². The maximum atomic E-state index is 12.3. The number of hydrogen-bond donors (Lipinski definition) is 5. The Bertz CT molecular complexity index is 1060. The molecule has 0 atom stereocenters. The van der Waals surface area contributed by atoms with Gasteiger partial charge < -0.3 is 29.9 Å². The highest BCUT2D eigenvalue weighted by Gasteiger charge is 2.24. The number of fused-ring (bicyclic) bond motifs is 1. The quantitative estimate of drug-likeness (QED) is 0.444. The molecule has 24 heavy (non-hydrogen) atoms. The highest BCUT2D eigenvalue weighted by atomic mass is 35.5. The Kier molecular flexibility index (Phi) is 3.62. The molecule has 124 valence electrons. The zero-order chi connectivity index (χ0) is 17.8. The lowest BCUT2D eigenvalue weighted by atomic mass is 10.1. The van der Waals surface area contributed by atoms with Gasteiger partial charge in [-0.2, -0.15) is 0 Å². The van der Waals surface area contributed by atoms with Gasteiger partial charge in [-0.25, -0.2) is 0 Å². The Morgan fingerprint density at radius 1 is 0.833 bits per heavy atom. The number of benzene rings is 2. The van der Waals surface area contributed by atoms with E-state index in [0.717, 1.165) is 18.2 Å². The van der Waals surface area contributed by atoms with Gasteiger partial charge in [-0.05, 0) is 12.1 Å². The minimum atomic E-state index is -1.03. The molecule has 0 spiro atoms. The van der Waals surface area contributed by atoms with Crippen LogP contribution in [0.25, 0.3) is 22.3 Å². The first-order chi connectivity index (χ1) is 11.2. The van der Waals surface area contributed by atoms with Gasteiger partial charge in [-0.1, -0.05) is 23.2 Å². The first-order valence-electron chi connectivity index (χ1n) is 6.35. The standard InChI is InChI=1S/C15H8Cl2O7/c16-9-5(18)2-1-4(11(9)21)14-13(23)12(22)8-6(19)3-7(20)10(17)15(8)24-14/h1-3,18-21,23H. The molecule has 3 aromatic rings. The van der Waals surface area contributed by atoms with Crippen molar-refractivity contribution in [2.75, 3.05) is 0 Å². The Labute approximate surface area is 143 Å². The molecule has 0 bridgehead atoms. The molecule has 0 fully saturated rings. The highest BCUT2D eigenvalue weighted by molar-refractivity contribution is 6.36. The zero-order valence-electron chi connectivity index (χ0n) is 11.5. The molecule has 0 radical (unpaired) electrons. The summed E-state index contributed by atoms with van der Waals surface area (Å²) in [5, 5.41) is 47.7. The molecule has 9 heteroatoms. The Hall–Kier alpha value is -2.77. The van der Waals surface area contributed by atoms with E-state index < -0.39 is 55.9 Å². The predicted octanol–water partition coefficient (Wildman–Crippen LogP) is 3.29. The van der Waals surface area contributed by atoms with Gasteiger partial charge in [-0.15, -0.1) is 0 Å². The maximum absolute atomic E-state index is 12.3. The first kappa shape index (κ1) is 16.1. The van der Waals surface area contributed by atoms with Crippen LogP contribution in [0.15, 0.2) is 27.4 Å². The summed E-state index contributed by atoms with van der Waals surface area (Å²) in [5.74, 6) is -3.68. The minimum Gasteiger partial charge on any atom is -0.507 e. The second-order valence-corrected chi connectivity index (χ2v) is 5.59. The third kappa shape index (κ3) is 2.17. The average Bonchev–Trinajstić information content (AvgIpc) is 2.53. The van der Waals surface area contributed by atoms with Crippen LogP contribution in [0.4, 0.5) is 0 Å². The van der Waals surface area contributed by atoms with Crippen molar-refractivity contribution in [3.8, 4) is 40.1 Å². The summed E-state index contributed by atoms with van der Waals surface area (Å²) in [6, 6.07) is 3.09. The Balaban J connectivity index is 2.48. The number of rotatable bonds is 1. The maximum Gasteiger partial charge on any atom is 0.238 e. The molecule has 3 rings (SSSR count). The van der Waals surface area contributed by atoms with Gasteiger partial charge in [0.2, 0.25) is 11.2 Å². The molecule has 2 aromatic carbocycles. The lowest BCUT2D eigenvalue weighted by Crippen LogP contribution is -2.03. The smallest absolute Gasteiger partial charge is 0.238 e. The van der Waals surface area contributed by atoms with Crippen molar-refractivity contribution in [3.63, 3.8) is 0 Å². The van der Waals surface area contributed by atoms with E-state index in [1.54, 1.807) is 0 Å². The van der Waals surface area contributed by atoms with Gasteiger partial charge in [0.15, 0.2) is 11.3 Å². The molecule has 5 N–H and O–H groups in total. The van der Waals surface area contributed by atoms with E-state index in [4.69, 9.17) is 27.6 Å². The molecular formula is C15H8Cl2O7. The lowest BCUT2D eigenvalue weighted by molar-refractivity contribution is 0.433. The van der Waals surface area contributed by atoms with Gasteiger partial charge in [0.25, 0.3) is 0 Å². The molecule has 1 heterocycles. The van der Waals surface area contributed by atoms with Crippen LogP contribution >= 0.6 is 23.2 Å². The van der Waals surface area contributed by atoms with Crippen molar-refractivity contribution in [2.24, 2.45) is 0 Å². The van der Waals surface area contributed by atoms with Crippen molar-refractivity contribution in [2.45, 2.75) is 0 Å². The summed E-state index contributed by atoms with van der Waals surface area (Å²) in [4.78, 5) is 12.3. The van der Waals surface area contributed by atoms with Crippen LogP contribution in [0, 0.1) is 0 Å². The molecule has 0 saturated carbocycles. The molecule has 0 aliphatic carbocycles. The Morgan fingerprint density at radius 3 is 2.17 bits per heavy atom. The van der Waals surface area contributed by atoms with E-state index in [1.807, 2.05) is 0 Å². The van der Waals surface area contributed by atoms with E-state index in [-0.39, 0.29) is 10.6 Å². The van der Waals surface area contributed by atoms with E-state index in [0.29, 0.717) is 0 Å². The van der Waals surface area contributed by atoms with Crippen LogP contribution in [0.2, 0.25) is 10.0 Å². The minimum absolute atomic E-state index is 0.201. The molecule has 0 aliphatic heterocycles. The van der Waals surface area contributed by atoms with Crippen LogP contribution in [0.3, 0.4) is 0 Å². The third-order valence-corrected chi connectivity index (χ3v) is 4.12. The Morgan fingerprint density at radius 2 is 1.50 bits per heavy atom. The summed E-state index contributed by atoms with van der Waals surface area (Å²) >= 11 is 11.6. The molecule has 0 unspecified atom stereocenters. The van der Waals surface area contributed by atoms with E-state index in [1.165, 1.54) is 0 Å². The van der Waals surface area contributed by atoms with Crippen LogP contribution in [-0.2, 0) is 0 Å². The van der Waals surface area contributed by atoms with Gasteiger partial charge >= 0.3 is 0 Å². The SMILES string of the molecule is O=c1c(O)c(-c2ccc(O)c(Cl)c2O)oc2c(Cl)c(O)cc(O)c12. The number of phenols is 4. The number of phenolic OH excluding ortho intramolecular Hbond substituents is 4. The molecule has 7 nitrogen and oxygen atoms in total. The second-order valence-electron chi connectivity index (χ2n) is 4.84. The summed E-state index contributed by atoms with van der Waals surface area (Å²) in [6.45, 7) is 0. The van der Waals surface area contributed by atoms with Crippen molar-refractivity contribution in [3.05, 3.63) is 38.5 Å². The van der Waals surface area contributed by atoms with Gasteiger partial charge in [0, 0.05) is 6.07 Å². The number of hydrogen-bond acceptors (Lipinski definition) is 7. The van der Waals surface area contributed by atoms with Crippen molar-refractivity contribution in [1.29, 1.82) is 0 Å². The van der Waals surface area contributed by atoms with Crippen LogP contribution in [0.1, 0.15) is 0 Å². The first-order valence-corrected chi connectivity index (χ1v) is 7.10. The van der Waals surface area contributed by atoms with Crippen LogP contribution in [-0.4, -0.2) is 25.5 Å². The van der Waals surface area contributed by atoms with Crippen molar-refractivity contribution in [1.82, 2.24) is 0 Å². The van der Waals surface area contributed by atoms with Gasteiger partial charge in [-0.3, -0.25) is 4.79 Å². The summed E-state index contributed by atoms with van der Waals surface area (Å²) in [5.41, 5.74) is -1.63. The monoisotopic (exact) mass is 370 g/mol. The average molecular weight is 371 g/mol. The second kappa shape index (κ2) is 5.40. The molecule has 0 aliphatic rings. The fraction of sp³-hybridized carbons (Fsp3) is 0. The van der Waals surface area contributed by atoms with Gasteiger partial charge in [0.05, 0.1) is 5.56 Å². The third-order valence-electron chi connectivity index (χ3n) is 3.38. The largest absolute Gasteiger partial charge is 0.507 e. The normalized spacial score (nSPS) is 11.1. The zero-order valence-corrected chi connectivity index (χ0v) is 13.1.